The number of nitrogens with one attached hydrogen (secondary N) is 2. The molecule has 4 nitrogen and oxygen atoms in total. The molecule has 0 bridgehead atoms. The van der Waals surface area contributed by atoms with Gasteiger partial charge in [-0.05, 0) is 48.9 Å². The largest absolute Gasteiger partial charge is 0.385 e. The van der Waals surface area contributed by atoms with Crippen LogP contribution in [0, 0.1) is 5.82 Å². The standard InChI is InChI=1S/C15H17FN2O2S/c1-2-17-14-7-9-15(10-8-14)21(19,20)18-11-12-3-5-13(16)6-4-12/h3-10,17-18H,2,11H2,1H3. The van der Waals surface area contributed by atoms with Crippen LogP contribution in [0.15, 0.2) is 53.4 Å². The van der Waals surface area contributed by atoms with Crippen molar-refractivity contribution in [3.63, 3.8) is 0 Å². The Balaban J connectivity index is 2.05. The van der Waals surface area contributed by atoms with Crippen molar-refractivity contribution in [1.29, 1.82) is 0 Å². The Morgan fingerprint density at radius 1 is 1.00 bits per heavy atom. The summed E-state index contributed by atoms with van der Waals surface area (Å²) < 4.78 is 39.5. The average molecular weight is 308 g/mol. The first-order valence-corrected chi connectivity index (χ1v) is 8.07. The number of benzene rings is 2. The highest BCUT2D eigenvalue weighted by atomic mass is 32.2. The summed E-state index contributed by atoms with van der Waals surface area (Å²) in [6.07, 6.45) is 0. The van der Waals surface area contributed by atoms with Gasteiger partial charge in [-0.1, -0.05) is 12.1 Å². The van der Waals surface area contributed by atoms with Crippen molar-refractivity contribution >= 4 is 15.7 Å². The summed E-state index contributed by atoms with van der Waals surface area (Å²) in [4.78, 5) is 0.200. The maximum Gasteiger partial charge on any atom is 0.240 e. The van der Waals surface area contributed by atoms with Gasteiger partial charge in [0.1, 0.15) is 5.82 Å². The first-order chi connectivity index (χ1) is 10.0. The molecule has 0 aromatic heterocycles. The molecule has 0 fully saturated rings. The molecule has 0 atom stereocenters. The normalized spacial score (nSPS) is 11.3. The first kappa shape index (κ1) is 15.5. The molecule has 112 valence electrons. The van der Waals surface area contributed by atoms with Crippen LogP contribution in [-0.4, -0.2) is 15.0 Å². The number of hydrogen-bond acceptors (Lipinski definition) is 3. The second-order valence-corrected chi connectivity index (χ2v) is 6.27. The predicted octanol–water partition coefficient (Wildman–Crippen LogP) is 2.74. The molecule has 2 rings (SSSR count). The van der Waals surface area contributed by atoms with Crippen LogP contribution < -0.4 is 10.0 Å². The average Bonchev–Trinajstić information content (AvgIpc) is 2.48. The maximum atomic E-state index is 12.8. The minimum atomic E-state index is -3.57. The van der Waals surface area contributed by atoms with Crippen LogP contribution in [0.1, 0.15) is 12.5 Å². The third kappa shape index (κ3) is 4.27. The smallest absolute Gasteiger partial charge is 0.240 e. The van der Waals surface area contributed by atoms with Crippen molar-refractivity contribution < 1.29 is 12.8 Å². The van der Waals surface area contributed by atoms with Gasteiger partial charge in [0.2, 0.25) is 10.0 Å². The van der Waals surface area contributed by atoms with E-state index in [1.54, 1.807) is 36.4 Å². The van der Waals surface area contributed by atoms with E-state index in [-0.39, 0.29) is 17.3 Å². The second-order valence-electron chi connectivity index (χ2n) is 4.51. The summed E-state index contributed by atoms with van der Waals surface area (Å²) in [5.41, 5.74) is 1.57. The topological polar surface area (TPSA) is 58.2 Å². The molecule has 2 N–H and O–H groups in total. The van der Waals surface area contributed by atoms with Gasteiger partial charge < -0.3 is 5.32 Å². The van der Waals surface area contributed by atoms with Gasteiger partial charge in [0.25, 0.3) is 0 Å². The van der Waals surface area contributed by atoms with Gasteiger partial charge in [-0.3, -0.25) is 0 Å². The van der Waals surface area contributed by atoms with Crippen LogP contribution in [0.3, 0.4) is 0 Å². The van der Waals surface area contributed by atoms with Crippen molar-refractivity contribution in [2.24, 2.45) is 0 Å². The van der Waals surface area contributed by atoms with E-state index in [0.29, 0.717) is 5.56 Å². The zero-order chi connectivity index (χ0) is 15.3. The Morgan fingerprint density at radius 2 is 1.62 bits per heavy atom. The van der Waals surface area contributed by atoms with E-state index in [1.165, 1.54) is 12.1 Å². The van der Waals surface area contributed by atoms with Gasteiger partial charge in [-0.2, -0.15) is 0 Å². The molecule has 6 heteroatoms. The molecule has 0 aliphatic heterocycles. The lowest BCUT2D eigenvalue weighted by Crippen LogP contribution is -2.23. The van der Waals surface area contributed by atoms with Gasteiger partial charge in [0.05, 0.1) is 4.90 Å². The molecule has 0 radical (unpaired) electrons. The van der Waals surface area contributed by atoms with E-state index in [0.717, 1.165) is 12.2 Å². The van der Waals surface area contributed by atoms with Crippen LogP contribution in [0.4, 0.5) is 10.1 Å². The Hall–Kier alpha value is -1.92. The van der Waals surface area contributed by atoms with Crippen LogP contribution in [0.5, 0.6) is 0 Å². The van der Waals surface area contributed by atoms with Crippen LogP contribution in [-0.2, 0) is 16.6 Å². The van der Waals surface area contributed by atoms with Gasteiger partial charge in [0.15, 0.2) is 0 Å². The fourth-order valence-electron chi connectivity index (χ4n) is 1.82. The highest BCUT2D eigenvalue weighted by Crippen LogP contribution is 2.14. The zero-order valence-corrected chi connectivity index (χ0v) is 12.5. The molecule has 0 saturated carbocycles. The Labute approximate surface area is 124 Å². The van der Waals surface area contributed by atoms with Crippen LogP contribution >= 0.6 is 0 Å². The third-order valence-corrected chi connectivity index (χ3v) is 4.34. The summed E-state index contributed by atoms with van der Waals surface area (Å²) in [6.45, 7) is 2.86. The predicted molar refractivity (Wildman–Crippen MR) is 81.0 cm³/mol. The second kappa shape index (κ2) is 6.69. The van der Waals surface area contributed by atoms with E-state index in [1.807, 2.05) is 6.92 Å². The molecule has 0 aliphatic rings. The molecule has 2 aromatic carbocycles. The van der Waals surface area contributed by atoms with E-state index >= 15 is 0 Å². The van der Waals surface area contributed by atoms with Crippen molar-refractivity contribution in [1.82, 2.24) is 4.72 Å². The molecule has 0 spiro atoms. The molecular formula is C15H17FN2O2S. The van der Waals surface area contributed by atoms with Gasteiger partial charge in [-0.25, -0.2) is 17.5 Å². The first-order valence-electron chi connectivity index (χ1n) is 6.59. The zero-order valence-electron chi connectivity index (χ0n) is 11.6. The van der Waals surface area contributed by atoms with E-state index in [4.69, 9.17) is 0 Å². The Kier molecular flexibility index (Phi) is 4.93. The number of hydrogen-bond donors (Lipinski definition) is 2. The lowest BCUT2D eigenvalue weighted by Gasteiger charge is -2.08. The van der Waals surface area contributed by atoms with Crippen molar-refractivity contribution in [2.75, 3.05) is 11.9 Å². The van der Waals surface area contributed by atoms with Crippen molar-refractivity contribution in [3.05, 3.63) is 59.9 Å². The van der Waals surface area contributed by atoms with E-state index in [9.17, 15) is 12.8 Å². The molecule has 0 aliphatic carbocycles. The van der Waals surface area contributed by atoms with E-state index in [2.05, 4.69) is 10.0 Å². The monoisotopic (exact) mass is 308 g/mol. The SMILES string of the molecule is CCNc1ccc(S(=O)(=O)NCc2ccc(F)cc2)cc1. The third-order valence-electron chi connectivity index (χ3n) is 2.93. The molecule has 0 unspecified atom stereocenters. The lowest BCUT2D eigenvalue weighted by atomic mass is 10.2. The van der Waals surface area contributed by atoms with E-state index < -0.39 is 10.0 Å². The Morgan fingerprint density at radius 3 is 2.19 bits per heavy atom. The molecular weight excluding hydrogens is 291 g/mol. The summed E-state index contributed by atoms with van der Waals surface area (Å²) in [7, 11) is -3.57. The molecule has 2 aromatic rings. The van der Waals surface area contributed by atoms with Crippen molar-refractivity contribution in [3.8, 4) is 0 Å². The summed E-state index contributed by atoms with van der Waals surface area (Å²) in [6, 6.07) is 12.2. The summed E-state index contributed by atoms with van der Waals surface area (Å²) >= 11 is 0. The summed E-state index contributed by atoms with van der Waals surface area (Å²) in [5.74, 6) is -0.347. The van der Waals surface area contributed by atoms with Gasteiger partial charge in [0, 0.05) is 18.8 Å². The maximum absolute atomic E-state index is 12.8. The lowest BCUT2D eigenvalue weighted by molar-refractivity contribution is 0.581. The number of halogens is 1. The number of anilines is 1. The fraction of sp³-hybridized carbons (Fsp3) is 0.200. The van der Waals surface area contributed by atoms with Crippen LogP contribution in [0.25, 0.3) is 0 Å². The molecule has 21 heavy (non-hydrogen) atoms. The minimum Gasteiger partial charge on any atom is -0.385 e. The van der Waals surface area contributed by atoms with Crippen LogP contribution in [0.2, 0.25) is 0 Å². The highest BCUT2D eigenvalue weighted by Gasteiger charge is 2.13. The highest BCUT2D eigenvalue weighted by molar-refractivity contribution is 7.89. The Bertz CT molecular complexity index is 683. The van der Waals surface area contributed by atoms with Gasteiger partial charge >= 0.3 is 0 Å². The van der Waals surface area contributed by atoms with Crippen molar-refractivity contribution in [2.45, 2.75) is 18.4 Å². The molecule has 0 amide bonds. The number of rotatable bonds is 6. The van der Waals surface area contributed by atoms with Gasteiger partial charge in [-0.15, -0.1) is 0 Å². The minimum absolute atomic E-state index is 0.123. The quantitative estimate of drug-likeness (QED) is 0.862. The fourth-order valence-corrected chi connectivity index (χ4v) is 2.84. The molecule has 0 heterocycles. The number of sulfonamides is 1. The molecule has 0 saturated heterocycles. The summed E-state index contributed by atoms with van der Waals surface area (Å²) in [5, 5.41) is 3.10.